The van der Waals surface area contributed by atoms with Gasteiger partial charge in [-0.05, 0) is 30.9 Å². The lowest BCUT2D eigenvalue weighted by Crippen LogP contribution is -2.11. The van der Waals surface area contributed by atoms with E-state index in [2.05, 4.69) is 38.4 Å². The number of nitrogens with two attached hydrogens (primary N) is 1. The fourth-order valence-corrected chi connectivity index (χ4v) is 3.04. The minimum atomic E-state index is 0.143. The summed E-state index contributed by atoms with van der Waals surface area (Å²) < 4.78 is 1.09. The predicted molar refractivity (Wildman–Crippen MR) is 74.9 cm³/mol. The third-order valence-electron chi connectivity index (χ3n) is 3.08. The summed E-state index contributed by atoms with van der Waals surface area (Å²) in [5.74, 6) is 0.666. The van der Waals surface area contributed by atoms with E-state index in [4.69, 9.17) is 5.73 Å². The van der Waals surface area contributed by atoms with Crippen LogP contribution in [0.4, 0.5) is 0 Å². The molecule has 0 saturated heterocycles. The lowest BCUT2D eigenvalue weighted by Gasteiger charge is -2.04. The minimum absolute atomic E-state index is 0.143. The summed E-state index contributed by atoms with van der Waals surface area (Å²) in [5.41, 5.74) is 8.34. The summed E-state index contributed by atoms with van der Waals surface area (Å²) in [6.45, 7) is 0. The van der Waals surface area contributed by atoms with Crippen LogP contribution in [0.5, 0.6) is 0 Å². The molecular weight excluding hydrogens is 296 g/mol. The van der Waals surface area contributed by atoms with Crippen molar-refractivity contribution in [1.29, 1.82) is 0 Å². The molecule has 1 unspecified atom stereocenters. The number of aromatic nitrogens is 1. The van der Waals surface area contributed by atoms with Crippen LogP contribution in [-0.4, -0.2) is 4.98 Å². The van der Waals surface area contributed by atoms with Gasteiger partial charge in [0.25, 0.3) is 0 Å². The molecule has 1 saturated carbocycles. The van der Waals surface area contributed by atoms with Crippen LogP contribution >= 0.6 is 27.3 Å². The largest absolute Gasteiger partial charge is 0.322 e. The van der Waals surface area contributed by atoms with Gasteiger partial charge in [0.1, 0.15) is 5.01 Å². The van der Waals surface area contributed by atoms with Gasteiger partial charge in [-0.1, -0.05) is 28.1 Å². The first kappa shape index (κ1) is 11.4. The third kappa shape index (κ3) is 2.44. The lowest BCUT2D eigenvalue weighted by atomic mass is 10.2. The van der Waals surface area contributed by atoms with E-state index in [1.165, 1.54) is 12.8 Å². The fourth-order valence-electron chi connectivity index (χ4n) is 1.85. The van der Waals surface area contributed by atoms with Crippen molar-refractivity contribution in [1.82, 2.24) is 4.98 Å². The third-order valence-corrected chi connectivity index (χ3v) is 4.55. The SMILES string of the molecule is NC(c1nc(-c2ccc(Br)cc2)cs1)C1CC1. The van der Waals surface area contributed by atoms with E-state index in [0.29, 0.717) is 5.92 Å². The van der Waals surface area contributed by atoms with Crippen LogP contribution in [0.1, 0.15) is 23.9 Å². The zero-order valence-electron chi connectivity index (χ0n) is 9.27. The molecule has 1 heterocycles. The van der Waals surface area contributed by atoms with Crippen molar-refractivity contribution < 1.29 is 0 Å². The highest BCUT2D eigenvalue weighted by Crippen LogP contribution is 2.40. The van der Waals surface area contributed by atoms with Gasteiger partial charge in [0, 0.05) is 15.4 Å². The highest BCUT2D eigenvalue weighted by Gasteiger charge is 2.31. The maximum absolute atomic E-state index is 6.16. The molecule has 0 bridgehead atoms. The molecule has 1 aliphatic rings. The standard InChI is InChI=1S/C13H13BrN2S/c14-10-5-3-8(4-6-10)11-7-17-13(16-11)12(15)9-1-2-9/h3-7,9,12H,1-2,15H2. The normalized spacial score (nSPS) is 17.1. The number of thiazole rings is 1. The lowest BCUT2D eigenvalue weighted by molar-refractivity contribution is 0.629. The van der Waals surface area contributed by atoms with Gasteiger partial charge in [-0.25, -0.2) is 4.98 Å². The number of benzene rings is 1. The van der Waals surface area contributed by atoms with Crippen molar-refractivity contribution >= 4 is 27.3 Å². The van der Waals surface area contributed by atoms with E-state index in [9.17, 15) is 0 Å². The van der Waals surface area contributed by atoms with Crippen LogP contribution in [0, 0.1) is 5.92 Å². The molecule has 17 heavy (non-hydrogen) atoms. The molecule has 1 fully saturated rings. The summed E-state index contributed by atoms with van der Waals surface area (Å²) >= 11 is 5.11. The molecule has 0 amide bonds. The first-order chi connectivity index (χ1) is 8.24. The molecule has 0 aliphatic heterocycles. The zero-order chi connectivity index (χ0) is 11.8. The Balaban J connectivity index is 1.86. The summed E-state index contributed by atoms with van der Waals surface area (Å²) in [5, 5.41) is 3.17. The topological polar surface area (TPSA) is 38.9 Å². The van der Waals surface area contributed by atoms with Crippen molar-refractivity contribution in [3.63, 3.8) is 0 Å². The van der Waals surface area contributed by atoms with E-state index >= 15 is 0 Å². The minimum Gasteiger partial charge on any atom is -0.322 e. The van der Waals surface area contributed by atoms with Gasteiger partial charge in [-0.3, -0.25) is 0 Å². The highest BCUT2D eigenvalue weighted by atomic mass is 79.9. The van der Waals surface area contributed by atoms with Crippen LogP contribution in [0.3, 0.4) is 0 Å². The Labute approximate surface area is 113 Å². The summed E-state index contributed by atoms with van der Waals surface area (Å²) in [4.78, 5) is 4.65. The summed E-state index contributed by atoms with van der Waals surface area (Å²) in [7, 11) is 0. The average molecular weight is 309 g/mol. The Bertz CT molecular complexity index is 516. The van der Waals surface area contributed by atoms with Crippen molar-refractivity contribution in [2.75, 3.05) is 0 Å². The van der Waals surface area contributed by atoms with E-state index in [1.807, 2.05) is 12.1 Å². The number of nitrogens with zero attached hydrogens (tertiary/aromatic N) is 1. The Hall–Kier alpha value is -0.710. The predicted octanol–water partition coefficient (Wildman–Crippen LogP) is 3.98. The smallest absolute Gasteiger partial charge is 0.110 e. The molecule has 1 aromatic heterocycles. The van der Waals surface area contributed by atoms with E-state index in [-0.39, 0.29) is 6.04 Å². The maximum atomic E-state index is 6.16. The van der Waals surface area contributed by atoms with Crippen molar-refractivity contribution in [2.24, 2.45) is 11.7 Å². The molecule has 2 aromatic rings. The Kier molecular flexibility index (Phi) is 3.03. The Morgan fingerprint density at radius 1 is 1.29 bits per heavy atom. The van der Waals surface area contributed by atoms with Gasteiger partial charge in [0.05, 0.1) is 11.7 Å². The quantitative estimate of drug-likeness (QED) is 0.931. The molecule has 4 heteroatoms. The van der Waals surface area contributed by atoms with Crippen LogP contribution in [0.2, 0.25) is 0 Å². The van der Waals surface area contributed by atoms with Crippen LogP contribution < -0.4 is 5.73 Å². The number of hydrogen-bond acceptors (Lipinski definition) is 3. The molecule has 1 aromatic carbocycles. The van der Waals surface area contributed by atoms with Gasteiger partial charge in [-0.15, -0.1) is 11.3 Å². The second kappa shape index (κ2) is 4.52. The molecule has 1 atom stereocenters. The first-order valence-electron chi connectivity index (χ1n) is 5.71. The molecule has 2 nitrogen and oxygen atoms in total. The van der Waals surface area contributed by atoms with E-state index in [0.717, 1.165) is 20.7 Å². The Morgan fingerprint density at radius 2 is 2.00 bits per heavy atom. The number of rotatable bonds is 3. The van der Waals surface area contributed by atoms with Gasteiger partial charge >= 0.3 is 0 Å². The van der Waals surface area contributed by atoms with Crippen molar-refractivity contribution in [3.8, 4) is 11.3 Å². The van der Waals surface area contributed by atoms with Gasteiger partial charge < -0.3 is 5.73 Å². The monoisotopic (exact) mass is 308 g/mol. The fraction of sp³-hybridized carbons (Fsp3) is 0.308. The second-order valence-corrected chi connectivity index (χ2v) is 6.25. The number of halogens is 1. The van der Waals surface area contributed by atoms with E-state index < -0.39 is 0 Å². The summed E-state index contributed by atoms with van der Waals surface area (Å²) in [6, 6.07) is 8.37. The van der Waals surface area contributed by atoms with Crippen LogP contribution in [-0.2, 0) is 0 Å². The Morgan fingerprint density at radius 3 is 2.65 bits per heavy atom. The van der Waals surface area contributed by atoms with Gasteiger partial charge in [0.15, 0.2) is 0 Å². The highest BCUT2D eigenvalue weighted by molar-refractivity contribution is 9.10. The van der Waals surface area contributed by atoms with Crippen molar-refractivity contribution in [3.05, 3.63) is 39.1 Å². The van der Waals surface area contributed by atoms with Crippen molar-refractivity contribution in [2.45, 2.75) is 18.9 Å². The summed E-state index contributed by atoms with van der Waals surface area (Å²) in [6.07, 6.45) is 2.52. The molecule has 0 spiro atoms. The van der Waals surface area contributed by atoms with Gasteiger partial charge in [0.2, 0.25) is 0 Å². The molecule has 2 N–H and O–H groups in total. The van der Waals surface area contributed by atoms with Crippen LogP contribution in [0.15, 0.2) is 34.1 Å². The van der Waals surface area contributed by atoms with Crippen LogP contribution in [0.25, 0.3) is 11.3 Å². The van der Waals surface area contributed by atoms with E-state index in [1.54, 1.807) is 11.3 Å². The average Bonchev–Trinajstić information content (AvgIpc) is 3.07. The second-order valence-electron chi connectivity index (χ2n) is 4.44. The molecule has 0 radical (unpaired) electrons. The zero-order valence-corrected chi connectivity index (χ0v) is 11.7. The maximum Gasteiger partial charge on any atom is 0.110 e. The molecule has 1 aliphatic carbocycles. The molecule has 88 valence electrons. The first-order valence-corrected chi connectivity index (χ1v) is 7.38. The van der Waals surface area contributed by atoms with Gasteiger partial charge in [-0.2, -0.15) is 0 Å². The number of hydrogen-bond donors (Lipinski definition) is 1. The molecule has 3 rings (SSSR count). The molecular formula is C13H13BrN2S.